The molecule has 0 saturated heterocycles. The van der Waals surface area contributed by atoms with Crippen molar-refractivity contribution < 1.29 is 9.47 Å². The molecule has 3 heteroatoms. The van der Waals surface area contributed by atoms with Gasteiger partial charge < -0.3 is 9.47 Å². The van der Waals surface area contributed by atoms with Gasteiger partial charge in [0.2, 0.25) is 0 Å². The van der Waals surface area contributed by atoms with Crippen LogP contribution < -0.4 is 0 Å². The molecule has 0 atom stereocenters. The van der Waals surface area contributed by atoms with E-state index in [9.17, 15) is 0 Å². The molecule has 0 aliphatic rings. The lowest BCUT2D eigenvalue weighted by molar-refractivity contribution is -0.107. The summed E-state index contributed by atoms with van der Waals surface area (Å²) in [6.07, 6.45) is 4.21. The molecular formula is C15H22IO2. The first-order valence-corrected chi connectivity index (χ1v) is 7.35. The first-order valence-electron chi connectivity index (χ1n) is 6.27. The third-order valence-corrected chi connectivity index (χ3v) is 4.07. The summed E-state index contributed by atoms with van der Waals surface area (Å²) in [6.45, 7) is 2.23. The Hall–Kier alpha value is -0.130. The highest BCUT2D eigenvalue weighted by atomic mass is 127. The fourth-order valence-corrected chi connectivity index (χ4v) is 2.54. The number of ether oxygens (including phenoxy) is 2. The van der Waals surface area contributed by atoms with Gasteiger partial charge in [-0.25, -0.2) is 0 Å². The molecule has 101 valence electrons. The second-order valence-electron chi connectivity index (χ2n) is 4.52. The zero-order valence-electron chi connectivity index (χ0n) is 11.4. The number of hydrogen-bond donors (Lipinski definition) is 0. The molecule has 0 fully saturated rings. The summed E-state index contributed by atoms with van der Waals surface area (Å²) in [5, 5.41) is 0. The van der Waals surface area contributed by atoms with Crippen molar-refractivity contribution in [1.82, 2.24) is 0 Å². The second-order valence-corrected chi connectivity index (χ2v) is 5.68. The quantitative estimate of drug-likeness (QED) is 0.510. The third kappa shape index (κ3) is 5.67. The van der Waals surface area contributed by atoms with Crippen LogP contribution in [0.5, 0.6) is 0 Å². The molecule has 0 aliphatic heterocycles. The van der Waals surface area contributed by atoms with Crippen LogP contribution in [-0.2, 0) is 15.9 Å². The van der Waals surface area contributed by atoms with Crippen LogP contribution >= 0.6 is 22.6 Å². The van der Waals surface area contributed by atoms with Gasteiger partial charge in [0.05, 0.1) is 0 Å². The Morgan fingerprint density at radius 3 is 2.50 bits per heavy atom. The van der Waals surface area contributed by atoms with Gasteiger partial charge >= 0.3 is 0 Å². The Morgan fingerprint density at radius 1 is 1.22 bits per heavy atom. The van der Waals surface area contributed by atoms with E-state index < -0.39 is 0 Å². The Labute approximate surface area is 124 Å². The fourth-order valence-electron chi connectivity index (χ4n) is 1.96. The van der Waals surface area contributed by atoms with Gasteiger partial charge in [0.1, 0.15) is 0 Å². The Morgan fingerprint density at radius 2 is 1.89 bits per heavy atom. The molecule has 1 aromatic carbocycles. The van der Waals surface area contributed by atoms with Crippen molar-refractivity contribution in [3.8, 4) is 0 Å². The van der Waals surface area contributed by atoms with Gasteiger partial charge in [-0.2, -0.15) is 0 Å². The molecule has 2 nitrogen and oxygen atoms in total. The number of hydrogen-bond acceptors (Lipinski definition) is 2. The Kier molecular flexibility index (Phi) is 7.86. The molecule has 0 spiro atoms. The summed E-state index contributed by atoms with van der Waals surface area (Å²) in [5.74, 6) is 1.52. The Bertz CT molecular complexity index is 337. The molecule has 1 rings (SSSR count). The first kappa shape index (κ1) is 15.9. The SMILES string of the molecule is COC(CCC[C](C)Cc1ccccc1I)OC. The van der Waals surface area contributed by atoms with Gasteiger partial charge in [-0.05, 0) is 65.8 Å². The molecule has 18 heavy (non-hydrogen) atoms. The van der Waals surface area contributed by atoms with Gasteiger partial charge in [-0.1, -0.05) is 25.1 Å². The standard InChI is InChI=1S/C15H22IO2/c1-12(7-6-10-15(17-2)18-3)11-13-8-4-5-9-14(13)16/h4-5,8-9,15H,6-7,10-11H2,1-3H3. The highest BCUT2D eigenvalue weighted by Crippen LogP contribution is 2.21. The highest BCUT2D eigenvalue weighted by Gasteiger charge is 2.09. The van der Waals surface area contributed by atoms with E-state index >= 15 is 0 Å². The van der Waals surface area contributed by atoms with Crippen LogP contribution in [-0.4, -0.2) is 20.5 Å². The third-order valence-electron chi connectivity index (χ3n) is 3.02. The first-order chi connectivity index (χ1) is 8.67. The predicted octanol–water partition coefficient (Wildman–Crippen LogP) is 4.22. The molecule has 0 N–H and O–H groups in total. The minimum absolute atomic E-state index is 0.0605. The highest BCUT2D eigenvalue weighted by molar-refractivity contribution is 14.1. The van der Waals surface area contributed by atoms with Crippen molar-refractivity contribution in [3.63, 3.8) is 0 Å². The molecule has 1 aromatic rings. The van der Waals surface area contributed by atoms with E-state index in [-0.39, 0.29) is 6.29 Å². The molecule has 0 bridgehead atoms. The molecule has 0 saturated carbocycles. The number of methoxy groups -OCH3 is 2. The maximum Gasteiger partial charge on any atom is 0.156 e. The monoisotopic (exact) mass is 361 g/mol. The van der Waals surface area contributed by atoms with Crippen molar-refractivity contribution in [2.45, 2.75) is 38.9 Å². The average molecular weight is 361 g/mol. The largest absolute Gasteiger partial charge is 0.356 e. The van der Waals surface area contributed by atoms with E-state index in [1.807, 2.05) is 0 Å². The van der Waals surface area contributed by atoms with Crippen molar-refractivity contribution in [2.75, 3.05) is 14.2 Å². The summed E-state index contributed by atoms with van der Waals surface area (Å²) in [5.41, 5.74) is 1.42. The number of halogens is 1. The van der Waals surface area contributed by atoms with Crippen molar-refractivity contribution >= 4 is 22.6 Å². The summed E-state index contributed by atoms with van der Waals surface area (Å²) in [4.78, 5) is 0. The van der Waals surface area contributed by atoms with Gasteiger partial charge in [-0.3, -0.25) is 0 Å². The summed E-state index contributed by atoms with van der Waals surface area (Å²) < 4.78 is 11.7. The van der Waals surface area contributed by atoms with E-state index in [0.29, 0.717) is 0 Å². The van der Waals surface area contributed by atoms with Crippen molar-refractivity contribution in [3.05, 3.63) is 39.3 Å². The second kappa shape index (κ2) is 8.88. The topological polar surface area (TPSA) is 18.5 Å². The summed E-state index contributed by atoms with van der Waals surface area (Å²) >= 11 is 2.40. The lowest BCUT2D eigenvalue weighted by atomic mass is 9.96. The van der Waals surface area contributed by atoms with E-state index in [4.69, 9.17) is 9.47 Å². The maximum atomic E-state index is 5.19. The van der Waals surface area contributed by atoms with Crippen LogP contribution in [0.2, 0.25) is 0 Å². The minimum Gasteiger partial charge on any atom is -0.356 e. The molecule has 0 aliphatic carbocycles. The lowest BCUT2D eigenvalue weighted by Gasteiger charge is -2.15. The Balaban J connectivity index is 2.30. The van der Waals surface area contributed by atoms with Crippen molar-refractivity contribution in [1.29, 1.82) is 0 Å². The van der Waals surface area contributed by atoms with Crippen LogP contribution in [0.1, 0.15) is 31.7 Å². The zero-order chi connectivity index (χ0) is 13.4. The summed E-state index contributed by atoms with van der Waals surface area (Å²) in [7, 11) is 3.38. The van der Waals surface area contributed by atoms with Crippen LogP contribution in [0, 0.1) is 9.49 Å². The van der Waals surface area contributed by atoms with Crippen molar-refractivity contribution in [2.24, 2.45) is 0 Å². The molecule has 0 heterocycles. The molecule has 0 aromatic heterocycles. The molecule has 0 amide bonds. The normalized spacial score (nSPS) is 11.4. The van der Waals surface area contributed by atoms with E-state index in [1.54, 1.807) is 14.2 Å². The maximum absolute atomic E-state index is 5.19. The van der Waals surface area contributed by atoms with Crippen LogP contribution in [0.15, 0.2) is 24.3 Å². The number of rotatable bonds is 8. The number of benzene rings is 1. The summed E-state index contributed by atoms with van der Waals surface area (Å²) in [6, 6.07) is 8.56. The van der Waals surface area contributed by atoms with Crippen LogP contribution in [0.4, 0.5) is 0 Å². The van der Waals surface area contributed by atoms with E-state index in [0.717, 1.165) is 25.7 Å². The lowest BCUT2D eigenvalue weighted by Crippen LogP contribution is -2.13. The predicted molar refractivity (Wildman–Crippen MR) is 83.4 cm³/mol. The van der Waals surface area contributed by atoms with Crippen LogP contribution in [0.3, 0.4) is 0 Å². The van der Waals surface area contributed by atoms with Gasteiger partial charge in [-0.15, -0.1) is 0 Å². The molecular weight excluding hydrogens is 339 g/mol. The fraction of sp³-hybridized carbons (Fsp3) is 0.533. The average Bonchev–Trinajstić information content (AvgIpc) is 2.37. The smallest absolute Gasteiger partial charge is 0.156 e. The molecule has 0 unspecified atom stereocenters. The van der Waals surface area contributed by atoms with E-state index in [2.05, 4.69) is 53.8 Å². The molecule has 1 radical (unpaired) electrons. The zero-order valence-corrected chi connectivity index (χ0v) is 13.6. The van der Waals surface area contributed by atoms with Gasteiger partial charge in [0.25, 0.3) is 0 Å². The minimum atomic E-state index is -0.0605. The van der Waals surface area contributed by atoms with Gasteiger partial charge in [0, 0.05) is 17.8 Å². The van der Waals surface area contributed by atoms with E-state index in [1.165, 1.54) is 15.1 Å². The van der Waals surface area contributed by atoms with Crippen LogP contribution in [0.25, 0.3) is 0 Å². The van der Waals surface area contributed by atoms with Gasteiger partial charge in [0.15, 0.2) is 6.29 Å².